The lowest BCUT2D eigenvalue weighted by Gasteiger charge is -2.31. The summed E-state index contributed by atoms with van der Waals surface area (Å²) in [7, 11) is 0. The average Bonchev–Trinajstić information content (AvgIpc) is 2.39. The van der Waals surface area contributed by atoms with Crippen LogP contribution in [0.4, 0.5) is 4.79 Å². The number of rotatable bonds is 2. The van der Waals surface area contributed by atoms with Crippen LogP contribution in [0.1, 0.15) is 53.9 Å². The summed E-state index contributed by atoms with van der Waals surface area (Å²) < 4.78 is 5.23. The lowest BCUT2D eigenvalue weighted by atomic mass is 9.88. The van der Waals surface area contributed by atoms with E-state index in [9.17, 15) is 9.90 Å². The maximum atomic E-state index is 11.7. The minimum Gasteiger partial charge on any atom is -0.444 e. The van der Waals surface area contributed by atoms with E-state index < -0.39 is 17.2 Å². The number of carbonyl (C=O) groups is 1. The Hall–Kier alpha value is -0.770. The van der Waals surface area contributed by atoms with Crippen LogP contribution in [-0.2, 0) is 4.74 Å². The van der Waals surface area contributed by atoms with Crippen LogP contribution in [0.2, 0.25) is 0 Å². The molecule has 0 aliphatic heterocycles. The summed E-state index contributed by atoms with van der Waals surface area (Å²) in [5.74, 6) is 0. The molecule has 17 heavy (non-hydrogen) atoms. The second-order valence-corrected chi connectivity index (χ2v) is 6.91. The Morgan fingerprint density at radius 3 is 2.29 bits per heavy atom. The van der Waals surface area contributed by atoms with Gasteiger partial charge in [-0.3, -0.25) is 0 Å². The number of hydrogen-bond donors (Lipinski definition) is 2. The molecule has 4 heteroatoms. The molecule has 0 spiro atoms. The van der Waals surface area contributed by atoms with Gasteiger partial charge in [0.25, 0.3) is 0 Å². The van der Waals surface area contributed by atoms with Crippen molar-refractivity contribution in [3.63, 3.8) is 0 Å². The fourth-order valence-corrected chi connectivity index (χ4v) is 2.47. The van der Waals surface area contributed by atoms with E-state index in [2.05, 4.69) is 19.2 Å². The lowest BCUT2D eigenvalue weighted by molar-refractivity contribution is 0.0393. The zero-order chi connectivity index (χ0) is 13.3. The molecule has 2 N–H and O–H groups in total. The second kappa shape index (κ2) is 4.48. The molecule has 1 saturated carbocycles. The third-order valence-corrected chi connectivity index (χ3v) is 3.17. The predicted octanol–water partition coefficient (Wildman–Crippen LogP) is 2.45. The predicted molar refractivity (Wildman–Crippen MR) is 66.8 cm³/mol. The van der Waals surface area contributed by atoms with Gasteiger partial charge in [0.2, 0.25) is 0 Å². The Morgan fingerprint density at radius 1 is 1.35 bits per heavy atom. The highest BCUT2D eigenvalue weighted by Gasteiger charge is 2.44. The average molecular weight is 243 g/mol. The normalized spacial score (nSPS) is 27.9. The molecule has 0 heterocycles. The topological polar surface area (TPSA) is 58.6 Å². The number of carbonyl (C=O) groups excluding carboxylic acids is 1. The number of aliphatic hydroxyl groups excluding tert-OH is 1. The molecule has 1 amide bonds. The minimum atomic E-state index is -0.508. The van der Waals surface area contributed by atoms with Gasteiger partial charge >= 0.3 is 6.09 Å². The molecule has 4 nitrogen and oxygen atoms in total. The molecule has 0 aromatic carbocycles. The van der Waals surface area contributed by atoms with Gasteiger partial charge in [0.05, 0.1) is 12.1 Å². The molecule has 1 atom stereocenters. The maximum absolute atomic E-state index is 11.7. The first-order valence-electron chi connectivity index (χ1n) is 6.20. The zero-order valence-corrected chi connectivity index (χ0v) is 11.6. The van der Waals surface area contributed by atoms with Crippen LogP contribution in [0.25, 0.3) is 0 Å². The smallest absolute Gasteiger partial charge is 0.408 e. The van der Waals surface area contributed by atoms with Crippen molar-refractivity contribution in [3.05, 3.63) is 0 Å². The van der Waals surface area contributed by atoms with Crippen LogP contribution in [0, 0.1) is 5.41 Å². The van der Waals surface area contributed by atoms with Gasteiger partial charge in [0, 0.05) is 0 Å². The monoisotopic (exact) mass is 243 g/mol. The molecule has 1 fully saturated rings. The lowest BCUT2D eigenvalue weighted by Crippen LogP contribution is -2.51. The van der Waals surface area contributed by atoms with Crippen molar-refractivity contribution in [2.45, 2.75) is 65.0 Å². The van der Waals surface area contributed by atoms with Gasteiger partial charge in [-0.25, -0.2) is 4.79 Å². The van der Waals surface area contributed by atoms with Crippen LogP contribution in [0.3, 0.4) is 0 Å². The van der Waals surface area contributed by atoms with Crippen LogP contribution in [0.5, 0.6) is 0 Å². The van der Waals surface area contributed by atoms with Crippen molar-refractivity contribution >= 4 is 6.09 Å². The summed E-state index contributed by atoms with van der Waals surface area (Å²) in [6.07, 6.45) is 2.15. The van der Waals surface area contributed by atoms with E-state index in [0.29, 0.717) is 0 Å². The Labute approximate surface area is 104 Å². The van der Waals surface area contributed by atoms with Gasteiger partial charge in [-0.15, -0.1) is 0 Å². The number of alkyl carbamates (subject to hydrolysis) is 1. The quantitative estimate of drug-likeness (QED) is 0.783. The van der Waals surface area contributed by atoms with E-state index in [-0.39, 0.29) is 12.0 Å². The Bertz CT molecular complexity index is 294. The van der Waals surface area contributed by atoms with Gasteiger partial charge in [0.1, 0.15) is 5.60 Å². The number of amides is 1. The summed E-state index contributed by atoms with van der Waals surface area (Å²) in [4.78, 5) is 11.7. The van der Waals surface area contributed by atoms with Crippen LogP contribution >= 0.6 is 0 Å². The molecule has 100 valence electrons. The minimum absolute atomic E-state index is 0.0321. The van der Waals surface area contributed by atoms with E-state index in [1.165, 1.54) is 0 Å². The van der Waals surface area contributed by atoms with Crippen molar-refractivity contribution < 1.29 is 14.6 Å². The molecule has 0 aromatic rings. The molecular formula is C13H25NO3. The van der Waals surface area contributed by atoms with Gasteiger partial charge in [-0.2, -0.15) is 0 Å². The SMILES string of the molecule is CC1(C)CCC(CO)(NC(=O)OC(C)(C)C)C1. The number of ether oxygens (including phenoxy) is 1. The van der Waals surface area contributed by atoms with E-state index in [1.54, 1.807) is 0 Å². The van der Waals surface area contributed by atoms with Crippen LogP contribution in [0.15, 0.2) is 0 Å². The fraction of sp³-hybridized carbons (Fsp3) is 0.923. The molecule has 0 radical (unpaired) electrons. The maximum Gasteiger partial charge on any atom is 0.408 e. The molecule has 1 rings (SSSR count). The van der Waals surface area contributed by atoms with Gasteiger partial charge < -0.3 is 15.2 Å². The third-order valence-electron chi connectivity index (χ3n) is 3.17. The van der Waals surface area contributed by atoms with Crippen LogP contribution < -0.4 is 5.32 Å². The third kappa shape index (κ3) is 4.19. The van der Waals surface area contributed by atoms with Gasteiger partial charge in [-0.1, -0.05) is 13.8 Å². The molecular weight excluding hydrogens is 218 g/mol. The Balaban J connectivity index is 2.62. The number of aliphatic hydroxyl groups is 1. The molecule has 1 aliphatic rings. The summed E-state index contributed by atoms with van der Waals surface area (Å²) in [6, 6.07) is 0. The van der Waals surface area contributed by atoms with E-state index in [4.69, 9.17) is 4.74 Å². The summed E-state index contributed by atoms with van der Waals surface area (Å²) in [5, 5.41) is 12.4. The van der Waals surface area contributed by atoms with Gasteiger partial charge in [-0.05, 0) is 45.4 Å². The highest BCUT2D eigenvalue weighted by molar-refractivity contribution is 5.69. The van der Waals surface area contributed by atoms with Crippen molar-refractivity contribution in [1.29, 1.82) is 0 Å². The first kappa shape index (κ1) is 14.3. The number of hydrogen-bond acceptors (Lipinski definition) is 3. The summed E-state index contributed by atoms with van der Waals surface area (Å²) in [6.45, 7) is 9.77. The zero-order valence-electron chi connectivity index (χ0n) is 11.6. The first-order chi connectivity index (χ1) is 7.58. The van der Waals surface area contributed by atoms with E-state index >= 15 is 0 Å². The highest BCUT2D eigenvalue weighted by atomic mass is 16.6. The summed E-state index contributed by atoms with van der Waals surface area (Å²) in [5.41, 5.74) is -0.849. The van der Waals surface area contributed by atoms with E-state index in [0.717, 1.165) is 19.3 Å². The highest BCUT2D eigenvalue weighted by Crippen LogP contribution is 2.43. The second-order valence-electron chi connectivity index (χ2n) is 6.91. The Morgan fingerprint density at radius 2 is 1.94 bits per heavy atom. The number of nitrogens with one attached hydrogen (secondary N) is 1. The van der Waals surface area contributed by atoms with Crippen molar-refractivity contribution in [3.8, 4) is 0 Å². The van der Waals surface area contributed by atoms with Crippen molar-refractivity contribution in [2.24, 2.45) is 5.41 Å². The fourth-order valence-electron chi connectivity index (χ4n) is 2.47. The van der Waals surface area contributed by atoms with E-state index in [1.807, 2.05) is 20.8 Å². The molecule has 0 saturated heterocycles. The molecule has 0 bridgehead atoms. The first-order valence-corrected chi connectivity index (χ1v) is 6.20. The summed E-state index contributed by atoms with van der Waals surface area (Å²) >= 11 is 0. The standard InChI is InChI=1S/C13H25NO3/c1-11(2,3)17-10(16)14-13(9-15)7-6-12(4,5)8-13/h15H,6-9H2,1-5H3,(H,14,16). The van der Waals surface area contributed by atoms with Crippen molar-refractivity contribution in [1.82, 2.24) is 5.32 Å². The van der Waals surface area contributed by atoms with Crippen molar-refractivity contribution in [2.75, 3.05) is 6.61 Å². The molecule has 0 aromatic heterocycles. The Kier molecular flexibility index (Phi) is 3.77. The largest absolute Gasteiger partial charge is 0.444 e. The van der Waals surface area contributed by atoms with Gasteiger partial charge in [0.15, 0.2) is 0 Å². The molecule has 1 aliphatic carbocycles. The molecule has 1 unspecified atom stereocenters. The van der Waals surface area contributed by atoms with Crippen LogP contribution in [-0.4, -0.2) is 28.9 Å².